The zero-order chi connectivity index (χ0) is 5.70. The molecule has 0 aromatic heterocycles. The van der Waals surface area contributed by atoms with E-state index in [0.717, 1.165) is 13.1 Å². The summed E-state index contributed by atoms with van der Waals surface area (Å²) in [4.78, 5) is 0. The summed E-state index contributed by atoms with van der Waals surface area (Å²) in [6.07, 6.45) is 0. The highest BCUT2D eigenvalue weighted by Gasteiger charge is 1.87. The summed E-state index contributed by atoms with van der Waals surface area (Å²) in [7, 11) is 0. The average molecular weight is 100 g/mol. The molecule has 0 bridgehead atoms. The third-order valence-electron chi connectivity index (χ3n) is 0.743. The van der Waals surface area contributed by atoms with E-state index in [9.17, 15) is 0 Å². The second kappa shape index (κ2) is 4.13. The quantitative estimate of drug-likeness (QED) is 0.559. The summed E-state index contributed by atoms with van der Waals surface area (Å²) in [5.41, 5.74) is 0. The first-order chi connectivity index (χ1) is 3.27. The van der Waals surface area contributed by atoms with Crippen molar-refractivity contribution in [2.24, 2.45) is 5.92 Å². The van der Waals surface area contributed by atoms with Crippen molar-refractivity contribution in [2.75, 3.05) is 13.1 Å². The Morgan fingerprint density at radius 3 is 2.43 bits per heavy atom. The first-order valence-corrected chi connectivity index (χ1v) is 2.81. The van der Waals surface area contributed by atoms with Crippen molar-refractivity contribution >= 4 is 0 Å². The molecule has 0 heterocycles. The Morgan fingerprint density at radius 2 is 2.29 bits per heavy atom. The van der Waals surface area contributed by atoms with Gasteiger partial charge in [0.2, 0.25) is 0 Å². The topological polar surface area (TPSA) is 12.0 Å². The molecule has 1 radical (unpaired) electrons. The van der Waals surface area contributed by atoms with Crippen LogP contribution in [0.25, 0.3) is 0 Å². The highest BCUT2D eigenvalue weighted by Crippen LogP contribution is 1.83. The Balaban J connectivity index is 2.68. The number of rotatable bonds is 3. The monoisotopic (exact) mass is 100 g/mol. The molecule has 1 heteroatoms. The van der Waals surface area contributed by atoms with Crippen molar-refractivity contribution in [1.82, 2.24) is 5.32 Å². The zero-order valence-corrected chi connectivity index (χ0v) is 5.20. The van der Waals surface area contributed by atoms with E-state index in [1.807, 2.05) is 0 Å². The van der Waals surface area contributed by atoms with E-state index in [4.69, 9.17) is 0 Å². The minimum absolute atomic E-state index is 0.542. The number of hydrogen-bond acceptors (Lipinski definition) is 1. The predicted octanol–water partition coefficient (Wildman–Crippen LogP) is 1.07. The smallest absolute Gasteiger partial charge is 0.00233 e. The lowest BCUT2D eigenvalue weighted by molar-refractivity contribution is 0.609. The molecule has 1 unspecified atom stereocenters. The molecule has 1 nitrogen and oxygen atoms in total. The molecule has 0 amide bonds. The fourth-order valence-electron chi connectivity index (χ4n) is 0.391. The van der Waals surface area contributed by atoms with E-state index >= 15 is 0 Å². The highest BCUT2D eigenvalue weighted by atomic mass is 14.8. The van der Waals surface area contributed by atoms with Gasteiger partial charge >= 0.3 is 0 Å². The predicted molar refractivity (Wildman–Crippen MR) is 33.1 cm³/mol. The van der Waals surface area contributed by atoms with Crippen LogP contribution >= 0.6 is 0 Å². The molecule has 0 aliphatic carbocycles. The van der Waals surface area contributed by atoms with Crippen molar-refractivity contribution < 1.29 is 0 Å². The minimum Gasteiger partial charge on any atom is -0.317 e. The van der Waals surface area contributed by atoms with E-state index in [1.54, 1.807) is 0 Å². The van der Waals surface area contributed by atoms with Gasteiger partial charge in [0.25, 0.3) is 0 Å². The molecule has 1 atom stereocenters. The van der Waals surface area contributed by atoms with Crippen LogP contribution in [0.1, 0.15) is 13.8 Å². The van der Waals surface area contributed by atoms with Gasteiger partial charge in [-0.3, -0.25) is 0 Å². The first kappa shape index (κ1) is 6.96. The SMILES string of the molecule is [CH2]C(C)CNCC. The van der Waals surface area contributed by atoms with Crippen molar-refractivity contribution in [3.8, 4) is 0 Å². The third-order valence-corrected chi connectivity index (χ3v) is 0.743. The van der Waals surface area contributed by atoms with Crippen molar-refractivity contribution in [3.05, 3.63) is 6.92 Å². The third kappa shape index (κ3) is 5.96. The van der Waals surface area contributed by atoms with Gasteiger partial charge in [0.15, 0.2) is 0 Å². The van der Waals surface area contributed by atoms with Crippen molar-refractivity contribution in [3.63, 3.8) is 0 Å². The van der Waals surface area contributed by atoms with Gasteiger partial charge in [0.1, 0.15) is 0 Å². The van der Waals surface area contributed by atoms with E-state index < -0.39 is 0 Å². The van der Waals surface area contributed by atoms with Crippen LogP contribution in [-0.2, 0) is 0 Å². The summed E-state index contributed by atoms with van der Waals surface area (Å²) >= 11 is 0. The second-order valence-corrected chi connectivity index (χ2v) is 1.91. The Labute approximate surface area is 46.1 Å². The maximum absolute atomic E-state index is 3.81. The molecule has 0 spiro atoms. The van der Waals surface area contributed by atoms with Crippen LogP contribution in [0.4, 0.5) is 0 Å². The zero-order valence-electron chi connectivity index (χ0n) is 5.20. The van der Waals surface area contributed by atoms with Gasteiger partial charge in [0.05, 0.1) is 0 Å². The van der Waals surface area contributed by atoms with Gasteiger partial charge in [-0.1, -0.05) is 13.8 Å². The summed E-state index contributed by atoms with van der Waals surface area (Å²) in [5.74, 6) is 0.542. The van der Waals surface area contributed by atoms with Crippen LogP contribution in [0.2, 0.25) is 0 Å². The summed E-state index contributed by atoms with van der Waals surface area (Å²) in [6, 6.07) is 0. The lowest BCUT2D eigenvalue weighted by Gasteiger charge is -2.01. The summed E-state index contributed by atoms with van der Waals surface area (Å²) in [5, 5.41) is 3.19. The Hall–Kier alpha value is -0.0400. The van der Waals surface area contributed by atoms with Gasteiger partial charge in [-0.2, -0.15) is 0 Å². The van der Waals surface area contributed by atoms with E-state index in [-0.39, 0.29) is 0 Å². The van der Waals surface area contributed by atoms with Crippen LogP contribution in [0.15, 0.2) is 0 Å². The lowest BCUT2D eigenvalue weighted by Crippen LogP contribution is -2.18. The van der Waals surface area contributed by atoms with Crippen LogP contribution in [0.5, 0.6) is 0 Å². The van der Waals surface area contributed by atoms with Gasteiger partial charge in [-0.25, -0.2) is 0 Å². The van der Waals surface area contributed by atoms with Crippen molar-refractivity contribution in [2.45, 2.75) is 13.8 Å². The molecule has 0 fully saturated rings. The fraction of sp³-hybridized carbons (Fsp3) is 0.833. The van der Waals surface area contributed by atoms with Gasteiger partial charge in [-0.15, -0.1) is 0 Å². The molecular formula is C6H14N. The van der Waals surface area contributed by atoms with Crippen LogP contribution in [-0.4, -0.2) is 13.1 Å². The van der Waals surface area contributed by atoms with E-state index in [1.165, 1.54) is 0 Å². The Bertz CT molecular complexity index is 33.2. The average Bonchev–Trinajstić information content (AvgIpc) is 1.61. The van der Waals surface area contributed by atoms with E-state index in [0.29, 0.717) is 5.92 Å². The van der Waals surface area contributed by atoms with Crippen LogP contribution in [0.3, 0.4) is 0 Å². The lowest BCUT2D eigenvalue weighted by atomic mass is 10.2. The largest absolute Gasteiger partial charge is 0.317 e. The molecule has 0 aromatic carbocycles. The number of nitrogens with one attached hydrogen (secondary N) is 1. The van der Waals surface area contributed by atoms with Crippen LogP contribution < -0.4 is 5.32 Å². The Morgan fingerprint density at radius 1 is 1.71 bits per heavy atom. The molecule has 0 saturated heterocycles. The molecule has 0 saturated carbocycles. The maximum Gasteiger partial charge on any atom is -0.00233 e. The molecular weight excluding hydrogens is 86.1 g/mol. The summed E-state index contributed by atoms with van der Waals surface area (Å²) < 4.78 is 0. The molecule has 0 rings (SSSR count). The fourth-order valence-corrected chi connectivity index (χ4v) is 0.391. The molecule has 7 heavy (non-hydrogen) atoms. The first-order valence-electron chi connectivity index (χ1n) is 2.81. The molecule has 43 valence electrons. The van der Waals surface area contributed by atoms with Crippen molar-refractivity contribution in [1.29, 1.82) is 0 Å². The van der Waals surface area contributed by atoms with E-state index in [2.05, 4.69) is 26.1 Å². The molecule has 0 aromatic rings. The normalized spacial score (nSPS) is 10.3. The molecule has 1 N–H and O–H groups in total. The molecule has 0 aliphatic rings. The van der Waals surface area contributed by atoms with Crippen LogP contribution in [0, 0.1) is 12.8 Å². The molecule has 0 aliphatic heterocycles. The highest BCUT2D eigenvalue weighted by molar-refractivity contribution is 4.55. The Kier molecular flexibility index (Phi) is 4.10. The van der Waals surface area contributed by atoms with Gasteiger partial charge in [-0.05, 0) is 25.9 Å². The minimum atomic E-state index is 0.542. The number of hydrogen-bond donors (Lipinski definition) is 1. The standard InChI is InChI=1S/C6H14N/c1-4-7-5-6(2)3/h6-7H,2,4-5H2,1,3H3. The maximum atomic E-state index is 3.81. The second-order valence-electron chi connectivity index (χ2n) is 1.91. The van der Waals surface area contributed by atoms with Gasteiger partial charge < -0.3 is 5.32 Å². The van der Waals surface area contributed by atoms with Gasteiger partial charge in [0, 0.05) is 0 Å². The summed E-state index contributed by atoms with van der Waals surface area (Å²) in [6.45, 7) is 10.1.